The van der Waals surface area contributed by atoms with Gasteiger partial charge in [-0.1, -0.05) is 34.9 Å². The highest BCUT2D eigenvalue weighted by Gasteiger charge is 2.15. The van der Waals surface area contributed by atoms with E-state index in [0.717, 1.165) is 32.1 Å². The third-order valence-electron chi connectivity index (χ3n) is 3.81. The van der Waals surface area contributed by atoms with Crippen molar-refractivity contribution in [2.24, 2.45) is 5.92 Å². The molecular formula is C17H26O. The molecule has 0 heterocycles. The molecule has 0 radical (unpaired) electrons. The van der Waals surface area contributed by atoms with Gasteiger partial charge in [-0.05, 0) is 59.8 Å². The minimum Gasteiger partial charge on any atom is -0.299 e. The van der Waals surface area contributed by atoms with E-state index in [4.69, 9.17) is 0 Å². The smallest absolute Gasteiger partial charge is 0.136 e. The Morgan fingerprint density at radius 3 is 2.39 bits per heavy atom. The predicted octanol–water partition coefficient (Wildman–Crippen LogP) is 4.99. The van der Waals surface area contributed by atoms with E-state index in [1.807, 2.05) is 0 Å². The van der Waals surface area contributed by atoms with Gasteiger partial charge in [-0.25, -0.2) is 0 Å². The molecule has 18 heavy (non-hydrogen) atoms. The molecule has 0 saturated heterocycles. The normalized spacial score (nSPS) is 31.8. The Bertz CT molecular complexity index is 382. The van der Waals surface area contributed by atoms with Crippen LogP contribution < -0.4 is 0 Å². The molecule has 1 unspecified atom stereocenters. The number of allylic oxidation sites excluding steroid dienone is 6. The molecule has 0 aliphatic heterocycles. The van der Waals surface area contributed by atoms with E-state index < -0.39 is 0 Å². The quantitative estimate of drug-likeness (QED) is 0.595. The zero-order chi connectivity index (χ0) is 13.5. The highest BCUT2D eigenvalue weighted by Crippen LogP contribution is 2.23. The first kappa shape index (κ1) is 14.9. The highest BCUT2D eigenvalue weighted by molar-refractivity contribution is 5.81. The molecule has 0 N–H and O–H groups in total. The van der Waals surface area contributed by atoms with E-state index in [-0.39, 0.29) is 5.92 Å². The Labute approximate surface area is 112 Å². The summed E-state index contributed by atoms with van der Waals surface area (Å²) >= 11 is 0. The van der Waals surface area contributed by atoms with Crippen LogP contribution in [0.15, 0.2) is 34.9 Å². The lowest BCUT2D eigenvalue weighted by molar-refractivity contribution is -0.119. The summed E-state index contributed by atoms with van der Waals surface area (Å²) < 4.78 is 0. The van der Waals surface area contributed by atoms with E-state index >= 15 is 0 Å². The van der Waals surface area contributed by atoms with Crippen LogP contribution in [0.4, 0.5) is 0 Å². The maximum Gasteiger partial charge on any atom is 0.136 e. The Kier molecular flexibility index (Phi) is 6.11. The van der Waals surface area contributed by atoms with Gasteiger partial charge >= 0.3 is 0 Å². The number of rotatable bonds is 1. The van der Waals surface area contributed by atoms with E-state index in [0.29, 0.717) is 5.78 Å². The fourth-order valence-corrected chi connectivity index (χ4v) is 2.46. The van der Waals surface area contributed by atoms with Crippen molar-refractivity contribution in [3.05, 3.63) is 34.9 Å². The van der Waals surface area contributed by atoms with Gasteiger partial charge in [0.25, 0.3) is 0 Å². The summed E-state index contributed by atoms with van der Waals surface area (Å²) in [5, 5.41) is 0. The molecule has 1 aliphatic rings. The Morgan fingerprint density at radius 1 is 1.06 bits per heavy atom. The minimum atomic E-state index is 0.112. The van der Waals surface area contributed by atoms with Crippen LogP contribution in [0, 0.1) is 5.92 Å². The van der Waals surface area contributed by atoms with Crippen LogP contribution in [0.2, 0.25) is 0 Å². The molecular weight excluding hydrogens is 220 g/mol. The topological polar surface area (TPSA) is 17.1 Å². The lowest BCUT2D eigenvalue weighted by Gasteiger charge is -2.15. The molecule has 1 rings (SSSR count). The average Bonchev–Trinajstić information content (AvgIpc) is 2.27. The van der Waals surface area contributed by atoms with Gasteiger partial charge in [0.2, 0.25) is 0 Å². The van der Waals surface area contributed by atoms with Crippen LogP contribution >= 0.6 is 0 Å². The summed E-state index contributed by atoms with van der Waals surface area (Å²) in [5.41, 5.74) is 4.10. The maximum absolute atomic E-state index is 11.7. The summed E-state index contributed by atoms with van der Waals surface area (Å²) in [6.45, 7) is 8.19. The average molecular weight is 246 g/mol. The van der Waals surface area contributed by atoms with Gasteiger partial charge in [-0.3, -0.25) is 4.79 Å². The first-order valence-electron chi connectivity index (χ1n) is 6.99. The fourth-order valence-electron chi connectivity index (χ4n) is 2.46. The van der Waals surface area contributed by atoms with Crippen molar-refractivity contribution in [1.29, 1.82) is 0 Å². The number of carbonyl (C=O) groups excluding carboxylic acids is 1. The molecule has 1 nitrogen and oxygen atoms in total. The van der Waals surface area contributed by atoms with Gasteiger partial charge in [0.1, 0.15) is 5.78 Å². The second-order valence-electron chi connectivity index (χ2n) is 5.53. The van der Waals surface area contributed by atoms with Gasteiger partial charge < -0.3 is 0 Å². The van der Waals surface area contributed by atoms with Crippen molar-refractivity contribution in [3.63, 3.8) is 0 Å². The first-order chi connectivity index (χ1) is 8.50. The zero-order valence-corrected chi connectivity index (χ0v) is 12.3. The summed E-state index contributed by atoms with van der Waals surface area (Å²) in [6.07, 6.45) is 12.1. The molecule has 1 atom stereocenters. The summed E-state index contributed by atoms with van der Waals surface area (Å²) in [7, 11) is 0. The minimum absolute atomic E-state index is 0.112. The SMILES string of the molecule is CC(=O)C1CC/C(C)=C/CC/C(C)=C\C/C=C\1C. The first-order valence-corrected chi connectivity index (χ1v) is 6.99. The molecule has 1 heteroatoms. The van der Waals surface area contributed by atoms with Crippen LogP contribution in [0.5, 0.6) is 0 Å². The van der Waals surface area contributed by atoms with Gasteiger partial charge in [0, 0.05) is 5.92 Å². The number of hydrogen-bond donors (Lipinski definition) is 0. The molecule has 100 valence electrons. The van der Waals surface area contributed by atoms with Crippen molar-refractivity contribution in [3.8, 4) is 0 Å². The van der Waals surface area contributed by atoms with Crippen molar-refractivity contribution in [2.45, 2.75) is 59.8 Å². The van der Waals surface area contributed by atoms with Crippen molar-refractivity contribution in [2.75, 3.05) is 0 Å². The highest BCUT2D eigenvalue weighted by atomic mass is 16.1. The third kappa shape index (κ3) is 5.03. The molecule has 0 aromatic heterocycles. The number of Topliss-reactive ketones (excluding diaryl/α,β-unsaturated/α-hetero) is 1. The third-order valence-corrected chi connectivity index (χ3v) is 3.81. The van der Waals surface area contributed by atoms with Crippen LogP contribution in [-0.4, -0.2) is 5.78 Å². The van der Waals surface area contributed by atoms with Crippen LogP contribution in [0.1, 0.15) is 59.8 Å². The largest absolute Gasteiger partial charge is 0.299 e. The Hall–Kier alpha value is -1.11. The van der Waals surface area contributed by atoms with E-state index in [1.54, 1.807) is 6.92 Å². The van der Waals surface area contributed by atoms with Gasteiger partial charge in [0.05, 0.1) is 0 Å². The van der Waals surface area contributed by atoms with Crippen molar-refractivity contribution in [1.82, 2.24) is 0 Å². The van der Waals surface area contributed by atoms with Gasteiger partial charge in [0.15, 0.2) is 0 Å². The lowest BCUT2D eigenvalue weighted by atomic mass is 9.89. The molecule has 0 amide bonds. The van der Waals surface area contributed by atoms with Crippen molar-refractivity contribution < 1.29 is 4.79 Å². The molecule has 0 bridgehead atoms. The molecule has 1 aliphatic carbocycles. The van der Waals surface area contributed by atoms with Crippen LogP contribution in [0.25, 0.3) is 0 Å². The number of hydrogen-bond acceptors (Lipinski definition) is 1. The number of carbonyl (C=O) groups is 1. The van der Waals surface area contributed by atoms with E-state index in [1.165, 1.54) is 16.7 Å². The van der Waals surface area contributed by atoms with E-state index in [2.05, 4.69) is 39.0 Å². The maximum atomic E-state index is 11.7. The Morgan fingerprint density at radius 2 is 1.72 bits per heavy atom. The zero-order valence-electron chi connectivity index (χ0n) is 12.3. The second kappa shape index (κ2) is 7.35. The summed E-state index contributed by atoms with van der Waals surface area (Å²) in [4.78, 5) is 11.7. The van der Waals surface area contributed by atoms with Crippen LogP contribution in [-0.2, 0) is 4.79 Å². The fraction of sp³-hybridized carbons (Fsp3) is 0.588. The van der Waals surface area contributed by atoms with E-state index in [9.17, 15) is 4.79 Å². The van der Waals surface area contributed by atoms with Crippen LogP contribution in [0.3, 0.4) is 0 Å². The molecule has 0 fully saturated rings. The lowest BCUT2D eigenvalue weighted by Crippen LogP contribution is -2.12. The number of ketones is 1. The van der Waals surface area contributed by atoms with Gasteiger partial charge in [-0.2, -0.15) is 0 Å². The molecule has 0 aromatic carbocycles. The Balaban J connectivity index is 2.89. The predicted molar refractivity (Wildman–Crippen MR) is 78.5 cm³/mol. The second-order valence-corrected chi connectivity index (χ2v) is 5.53. The monoisotopic (exact) mass is 246 g/mol. The van der Waals surface area contributed by atoms with Crippen molar-refractivity contribution >= 4 is 5.78 Å². The molecule has 0 spiro atoms. The molecule has 0 saturated carbocycles. The summed E-state index contributed by atoms with van der Waals surface area (Å²) in [5.74, 6) is 0.413. The standard InChI is InChI=1S/C17H26O/c1-13-7-5-8-14(2)11-12-17(16(4)18)15(3)10-6-9-13/h8-10,17H,5-7,11-12H2,1-4H3/b13-9-,14-8+,15-10-. The molecule has 0 aromatic rings. The van der Waals surface area contributed by atoms with Gasteiger partial charge in [-0.15, -0.1) is 0 Å². The summed E-state index contributed by atoms with van der Waals surface area (Å²) in [6, 6.07) is 0.